The van der Waals surface area contributed by atoms with Crippen LogP contribution in [0.15, 0.2) is 35.9 Å². The molecule has 14 heavy (non-hydrogen) atoms. The first kappa shape index (κ1) is 10.3. The van der Waals surface area contributed by atoms with E-state index >= 15 is 0 Å². The van der Waals surface area contributed by atoms with E-state index < -0.39 is 0 Å². The zero-order valence-corrected chi connectivity index (χ0v) is 8.45. The Morgan fingerprint density at radius 1 is 1.43 bits per heavy atom. The number of ether oxygens (including phenoxy) is 1. The van der Waals surface area contributed by atoms with Crippen molar-refractivity contribution in [1.29, 1.82) is 5.26 Å². The number of rotatable bonds is 3. The van der Waals surface area contributed by atoms with Crippen LogP contribution in [-0.4, -0.2) is 7.11 Å². The molecular formula is C12H13NO. The summed E-state index contributed by atoms with van der Waals surface area (Å²) >= 11 is 0. The molecule has 0 radical (unpaired) electrons. The van der Waals surface area contributed by atoms with Crippen molar-refractivity contribution in [3.05, 3.63) is 41.5 Å². The molecule has 2 heteroatoms. The maximum absolute atomic E-state index is 8.56. The van der Waals surface area contributed by atoms with Crippen molar-refractivity contribution in [2.45, 2.75) is 13.3 Å². The molecule has 0 aliphatic carbocycles. The van der Waals surface area contributed by atoms with Crippen LogP contribution in [0.2, 0.25) is 0 Å². The van der Waals surface area contributed by atoms with Crippen LogP contribution >= 0.6 is 0 Å². The van der Waals surface area contributed by atoms with Crippen molar-refractivity contribution in [2.24, 2.45) is 0 Å². The number of benzene rings is 1. The van der Waals surface area contributed by atoms with E-state index in [0.717, 1.165) is 17.7 Å². The SMILES string of the molecule is COc1ccc(C/C=C(/C)C#N)cc1. The number of hydrogen-bond acceptors (Lipinski definition) is 2. The highest BCUT2D eigenvalue weighted by Gasteiger charge is 1.92. The molecule has 0 bridgehead atoms. The zero-order chi connectivity index (χ0) is 10.4. The fourth-order valence-corrected chi connectivity index (χ4v) is 1.08. The normalized spacial score (nSPS) is 10.8. The molecule has 0 atom stereocenters. The van der Waals surface area contributed by atoms with E-state index in [-0.39, 0.29) is 0 Å². The lowest BCUT2D eigenvalue weighted by molar-refractivity contribution is 0.414. The minimum absolute atomic E-state index is 0.751. The number of hydrogen-bond donors (Lipinski definition) is 0. The van der Waals surface area contributed by atoms with Gasteiger partial charge in [0.25, 0.3) is 0 Å². The van der Waals surface area contributed by atoms with Crippen molar-refractivity contribution >= 4 is 0 Å². The summed E-state index contributed by atoms with van der Waals surface area (Å²) in [5.41, 5.74) is 1.93. The monoisotopic (exact) mass is 187 g/mol. The zero-order valence-electron chi connectivity index (χ0n) is 8.45. The average Bonchev–Trinajstić information content (AvgIpc) is 2.26. The Bertz CT molecular complexity index is 357. The van der Waals surface area contributed by atoms with Gasteiger partial charge in [-0.3, -0.25) is 0 Å². The van der Waals surface area contributed by atoms with E-state index in [4.69, 9.17) is 10.00 Å². The summed E-state index contributed by atoms with van der Waals surface area (Å²) in [7, 11) is 1.65. The van der Waals surface area contributed by atoms with Crippen LogP contribution in [0.25, 0.3) is 0 Å². The second kappa shape index (κ2) is 5.08. The van der Waals surface area contributed by atoms with Gasteiger partial charge in [0.1, 0.15) is 5.75 Å². The van der Waals surface area contributed by atoms with Gasteiger partial charge in [0.05, 0.1) is 13.2 Å². The fourth-order valence-electron chi connectivity index (χ4n) is 1.08. The second-order valence-electron chi connectivity index (χ2n) is 3.05. The van der Waals surface area contributed by atoms with Gasteiger partial charge in [-0.05, 0) is 31.0 Å². The molecule has 1 aromatic carbocycles. The molecule has 0 amide bonds. The summed E-state index contributed by atoms with van der Waals surface area (Å²) in [6.07, 6.45) is 2.71. The van der Waals surface area contributed by atoms with E-state index in [9.17, 15) is 0 Å². The Balaban J connectivity index is 2.66. The summed E-state index contributed by atoms with van der Waals surface area (Å²) < 4.78 is 5.05. The van der Waals surface area contributed by atoms with Gasteiger partial charge in [0.15, 0.2) is 0 Å². The van der Waals surface area contributed by atoms with Crippen LogP contribution in [0, 0.1) is 11.3 Å². The molecule has 0 aliphatic rings. The van der Waals surface area contributed by atoms with E-state index in [2.05, 4.69) is 6.07 Å². The molecule has 0 heterocycles. The molecule has 0 N–H and O–H groups in total. The van der Waals surface area contributed by atoms with Crippen molar-refractivity contribution in [3.8, 4) is 11.8 Å². The topological polar surface area (TPSA) is 33.0 Å². The third-order valence-electron chi connectivity index (χ3n) is 1.98. The largest absolute Gasteiger partial charge is 0.497 e. The van der Waals surface area contributed by atoms with Crippen LogP contribution in [0.4, 0.5) is 0 Å². The van der Waals surface area contributed by atoms with E-state index in [1.807, 2.05) is 37.3 Å². The first-order chi connectivity index (χ1) is 6.76. The van der Waals surface area contributed by atoms with Crippen LogP contribution in [0.5, 0.6) is 5.75 Å². The number of methoxy groups -OCH3 is 1. The summed E-state index contributed by atoms with van der Waals surface area (Å²) in [4.78, 5) is 0. The third kappa shape index (κ3) is 2.95. The van der Waals surface area contributed by atoms with Gasteiger partial charge in [0, 0.05) is 5.57 Å². The highest BCUT2D eigenvalue weighted by atomic mass is 16.5. The van der Waals surface area contributed by atoms with Gasteiger partial charge in [-0.15, -0.1) is 0 Å². The van der Waals surface area contributed by atoms with Crippen molar-refractivity contribution in [3.63, 3.8) is 0 Å². The fraction of sp³-hybridized carbons (Fsp3) is 0.250. The van der Waals surface area contributed by atoms with Crippen molar-refractivity contribution in [1.82, 2.24) is 0 Å². The minimum atomic E-state index is 0.751. The predicted octanol–water partition coefficient (Wildman–Crippen LogP) is 2.71. The standard InChI is InChI=1S/C12H13NO/c1-10(9-13)3-4-11-5-7-12(14-2)8-6-11/h3,5-8H,4H2,1-2H3/b10-3-. The van der Waals surface area contributed by atoms with Crippen molar-refractivity contribution in [2.75, 3.05) is 7.11 Å². The molecule has 72 valence electrons. The molecule has 0 aliphatic heterocycles. The molecule has 1 rings (SSSR count). The van der Waals surface area contributed by atoms with Crippen molar-refractivity contribution < 1.29 is 4.74 Å². The smallest absolute Gasteiger partial charge is 0.118 e. The molecule has 2 nitrogen and oxygen atoms in total. The molecule has 0 spiro atoms. The lowest BCUT2D eigenvalue weighted by Crippen LogP contribution is -1.85. The van der Waals surface area contributed by atoms with Gasteiger partial charge >= 0.3 is 0 Å². The van der Waals surface area contributed by atoms with E-state index in [0.29, 0.717) is 0 Å². The van der Waals surface area contributed by atoms with Crippen LogP contribution in [0.1, 0.15) is 12.5 Å². The quantitative estimate of drug-likeness (QED) is 0.681. The maximum Gasteiger partial charge on any atom is 0.118 e. The van der Waals surface area contributed by atoms with E-state index in [1.165, 1.54) is 5.56 Å². The van der Waals surface area contributed by atoms with Crippen LogP contribution < -0.4 is 4.74 Å². The van der Waals surface area contributed by atoms with Crippen LogP contribution in [0.3, 0.4) is 0 Å². The minimum Gasteiger partial charge on any atom is -0.497 e. The highest BCUT2D eigenvalue weighted by molar-refractivity contribution is 5.29. The van der Waals surface area contributed by atoms with Gasteiger partial charge in [-0.2, -0.15) is 5.26 Å². The van der Waals surface area contributed by atoms with Crippen LogP contribution in [-0.2, 0) is 6.42 Å². The Morgan fingerprint density at radius 2 is 2.07 bits per heavy atom. The molecule has 0 saturated heterocycles. The Kier molecular flexibility index (Phi) is 3.75. The lowest BCUT2D eigenvalue weighted by atomic mass is 10.1. The summed E-state index contributed by atoms with van der Waals surface area (Å²) in [6, 6.07) is 9.94. The molecule has 0 aromatic heterocycles. The summed E-state index contributed by atoms with van der Waals surface area (Å²) in [5.74, 6) is 0.856. The van der Waals surface area contributed by atoms with Gasteiger partial charge in [0.2, 0.25) is 0 Å². The average molecular weight is 187 g/mol. The molecule has 0 saturated carbocycles. The molecule has 0 unspecified atom stereocenters. The lowest BCUT2D eigenvalue weighted by Gasteiger charge is -2.00. The first-order valence-electron chi connectivity index (χ1n) is 4.46. The summed E-state index contributed by atoms with van der Waals surface area (Å²) in [5, 5.41) is 8.56. The highest BCUT2D eigenvalue weighted by Crippen LogP contribution is 2.12. The van der Waals surface area contributed by atoms with Gasteiger partial charge < -0.3 is 4.74 Å². The Morgan fingerprint density at radius 3 is 2.57 bits per heavy atom. The first-order valence-corrected chi connectivity index (χ1v) is 4.46. The second-order valence-corrected chi connectivity index (χ2v) is 3.05. The summed E-state index contributed by atoms with van der Waals surface area (Å²) in [6.45, 7) is 1.81. The Hall–Kier alpha value is -1.75. The maximum atomic E-state index is 8.56. The van der Waals surface area contributed by atoms with Gasteiger partial charge in [-0.25, -0.2) is 0 Å². The number of nitriles is 1. The Labute approximate surface area is 84.4 Å². The predicted molar refractivity (Wildman–Crippen MR) is 56.1 cm³/mol. The molecule has 1 aromatic rings. The number of allylic oxidation sites excluding steroid dienone is 2. The van der Waals surface area contributed by atoms with E-state index in [1.54, 1.807) is 7.11 Å². The number of nitrogens with zero attached hydrogens (tertiary/aromatic N) is 1. The molecular weight excluding hydrogens is 174 g/mol. The molecule has 0 fully saturated rings. The van der Waals surface area contributed by atoms with Gasteiger partial charge in [-0.1, -0.05) is 18.2 Å². The third-order valence-corrected chi connectivity index (χ3v) is 1.98.